The number of alkyl halides is 1. The molecular formula is C11H15ClN2OS. The third kappa shape index (κ3) is 2.95. The second-order valence-electron chi connectivity index (χ2n) is 4.24. The van der Waals surface area contributed by atoms with Crippen LogP contribution in [0.2, 0.25) is 0 Å². The van der Waals surface area contributed by atoms with Crippen molar-refractivity contribution in [2.45, 2.75) is 31.6 Å². The van der Waals surface area contributed by atoms with Crippen molar-refractivity contribution in [1.29, 1.82) is 0 Å². The average molecular weight is 259 g/mol. The van der Waals surface area contributed by atoms with E-state index in [1.165, 1.54) is 11.3 Å². The number of hydrogen-bond acceptors (Lipinski definition) is 3. The van der Waals surface area contributed by atoms with E-state index >= 15 is 0 Å². The van der Waals surface area contributed by atoms with Gasteiger partial charge in [-0.25, -0.2) is 4.98 Å². The van der Waals surface area contributed by atoms with E-state index in [2.05, 4.69) is 10.3 Å². The highest BCUT2D eigenvalue weighted by molar-refractivity contribution is 7.09. The minimum Gasteiger partial charge on any atom is -0.350 e. The van der Waals surface area contributed by atoms with Crippen LogP contribution in [0, 0.1) is 12.8 Å². The SMILES string of the molecule is Cc1nc(C(=O)NCC2CCC(Cl)C2)cs1. The van der Waals surface area contributed by atoms with Gasteiger partial charge in [-0.2, -0.15) is 0 Å². The van der Waals surface area contributed by atoms with Crippen LogP contribution in [-0.4, -0.2) is 22.8 Å². The van der Waals surface area contributed by atoms with E-state index in [0.29, 0.717) is 17.0 Å². The average Bonchev–Trinajstić information content (AvgIpc) is 2.84. The first-order valence-corrected chi connectivity index (χ1v) is 6.81. The Morgan fingerprint density at radius 1 is 1.69 bits per heavy atom. The lowest BCUT2D eigenvalue weighted by Gasteiger charge is -2.09. The smallest absolute Gasteiger partial charge is 0.270 e. The molecule has 1 saturated carbocycles. The summed E-state index contributed by atoms with van der Waals surface area (Å²) in [6.45, 7) is 2.62. The molecule has 5 heteroatoms. The lowest BCUT2D eigenvalue weighted by Crippen LogP contribution is -2.28. The van der Waals surface area contributed by atoms with Crippen LogP contribution in [0.15, 0.2) is 5.38 Å². The van der Waals surface area contributed by atoms with Crippen molar-refractivity contribution in [1.82, 2.24) is 10.3 Å². The molecule has 16 heavy (non-hydrogen) atoms. The fourth-order valence-electron chi connectivity index (χ4n) is 1.99. The third-order valence-corrected chi connectivity index (χ3v) is 4.05. The van der Waals surface area contributed by atoms with Gasteiger partial charge in [0.25, 0.3) is 5.91 Å². The first kappa shape index (κ1) is 11.9. The third-order valence-electron chi connectivity index (χ3n) is 2.88. The monoisotopic (exact) mass is 258 g/mol. The molecule has 1 aliphatic rings. The number of nitrogens with zero attached hydrogens (tertiary/aromatic N) is 1. The number of thiazole rings is 1. The highest BCUT2D eigenvalue weighted by atomic mass is 35.5. The van der Waals surface area contributed by atoms with Crippen molar-refractivity contribution in [3.8, 4) is 0 Å². The Labute approximate surface area is 104 Å². The van der Waals surface area contributed by atoms with E-state index in [9.17, 15) is 4.79 Å². The van der Waals surface area contributed by atoms with E-state index in [0.717, 1.165) is 30.8 Å². The predicted molar refractivity (Wildman–Crippen MR) is 66.2 cm³/mol. The summed E-state index contributed by atoms with van der Waals surface area (Å²) in [4.78, 5) is 15.8. The lowest BCUT2D eigenvalue weighted by molar-refractivity contribution is 0.0943. The van der Waals surface area contributed by atoms with Gasteiger partial charge >= 0.3 is 0 Å². The van der Waals surface area contributed by atoms with E-state index in [1.54, 1.807) is 5.38 Å². The molecule has 1 aromatic heterocycles. The van der Waals surface area contributed by atoms with Gasteiger partial charge in [-0.3, -0.25) is 4.79 Å². The van der Waals surface area contributed by atoms with Gasteiger partial charge in [0, 0.05) is 17.3 Å². The van der Waals surface area contributed by atoms with Gasteiger partial charge in [0.05, 0.1) is 5.01 Å². The molecule has 1 fully saturated rings. The van der Waals surface area contributed by atoms with Gasteiger partial charge < -0.3 is 5.32 Å². The summed E-state index contributed by atoms with van der Waals surface area (Å²) < 4.78 is 0. The zero-order chi connectivity index (χ0) is 11.5. The van der Waals surface area contributed by atoms with E-state index < -0.39 is 0 Å². The Bertz CT molecular complexity index is 380. The molecule has 1 amide bonds. The standard InChI is InChI=1S/C11H15ClN2OS/c1-7-14-10(6-16-7)11(15)13-5-8-2-3-9(12)4-8/h6,8-9H,2-5H2,1H3,(H,13,15). The molecule has 2 rings (SSSR count). The molecule has 3 nitrogen and oxygen atoms in total. The fourth-order valence-corrected chi connectivity index (χ4v) is 2.97. The van der Waals surface area contributed by atoms with Crippen LogP contribution in [0.5, 0.6) is 0 Å². The summed E-state index contributed by atoms with van der Waals surface area (Å²) in [7, 11) is 0. The van der Waals surface area contributed by atoms with Gasteiger partial charge in [-0.15, -0.1) is 22.9 Å². The zero-order valence-electron chi connectivity index (χ0n) is 9.20. The topological polar surface area (TPSA) is 42.0 Å². The van der Waals surface area contributed by atoms with Crippen LogP contribution in [0.25, 0.3) is 0 Å². The molecule has 0 bridgehead atoms. The van der Waals surface area contributed by atoms with Gasteiger partial charge in [-0.1, -0.05) is 0 Å². The van der Waals surface area contributed by atoms with Crippen molar-refractivity contribution in [2.75, 3.05) is 6.54 Å². The highest BCUT2D eigenvalue weighted by Crippen LogP contribution is 2.28. The molecule has 0 spiro atoms. The van der Waals surface area contributed by atoms with Crippen LogP contribution >= 0.6 is 22.9 Å². The summed E-state index contributed by atoms with van der Waals surface area (Å²) in [5.41, 5.74) is 0.530. The first-order valence-electron chi connectivity index (χ1n) is 5.49. The summed E-state index contributed by atoms with van der Waals surface area (Å²) in [6, 6.07) is 0. The normalized spacial score (nSPS) is 24.6. The summed E-state index contributed by atoms with van der Waals surface area (Å²) >= 11 is 7.52. The van der Waals surface area contributed by atoms with E-state index in [4.69, 9.17) is 11.6 Å². The largest absolute Gasteiger partial charge is 0.350 e. The van der Waals surface area contributed by atoms with Crippen LogP contribution in [0.3, 0.4) is 0 Å². The molecule has 0 radical (unpaired) electrons. The van der Waals surface area contributed by atoms with Gasteiger partial charge in [0.2, 0.25) is 0 Å². The summed E-state index contributed by atoms with van der Waals surface area (Å²) in [5, 5.41) is 5.93. The zero-order valence-corrected chi connectivity index (χ0v) is 10.8. The van der Waals surface area contributed by atoms with Crippen molar-refractivity contribution in [3.63, 3.8) is 0 Å². The molecule has 1 N–H and O–H groups in total. The Hall–Kier alpha value is -0.610. The molecule has 0 saturated heterocycles. The van der Waals surface area contributed by atoms with Crippen molar-refractivity contribution in [3.05, 3.63) is 16.1 Å². The van der Waals surface area contributed by atoms with Crippen molar-refractivity contribution in [2.24, 2.45) is 5.92 Å². The quantitative estimate of drug-likeness (QED) is 0.847. The maximum Gasteiger partial charge on any atom is 0.270 e. The number of halogens is 1. The number of amides is 1. The number of hydrogen-bond donors (Lipinski definition) is 1. The van der Waals surface area contributed by atoms with Crippen molar-refractivity contribution >= 4 is 28.8 Å². The van der Waals surface area contributed by atoms with Crippen molar-refractivity contribution < 1.29 is 4.79 Å². The second-order valence-corrected chi connectivity index (χ2v) is 5.92. The molecule has 2 unspecified atom stereocenters. The highest BCUT2D eigenvalue weighted by Gasteiger charge is 2.23. The molecule has 0 aromatic carbocycles. The van der Waals surface area contributed by atoms with E-state index in [-0.39, 0.29) is 5.91 Å². The maximum absolute atomic E-state index is 11.7. The van der Waals surface area contributed by atoms with Crippen LogP contribution in [0.4, 0.5) is 0 Å². The van der Waals surface area contributed by atoms with Gasteiger partial charge in [0.1, 0.15) is 5.69 Å². The summed E-state index contributed by atoms with van der Waals surface area (Å²) in [5.74, 6) is 0.466. The predicted octanol–water partition coefficient (Wildman–Crippen LogP) is 2.59. The number of aromatic nitrogens is 1. The number of rotatable bonds is 3. The Morgan fingerprint density at radius 2 is 2.50 bits per heavy atom. The summed E-state index contributed by atoms with van der Waals surface area (Å²) in [6.07, 6.45) is 3.19. The van der Waals surface area contributed by atoms with E-state index in [1.807, 2.05) is 6.92 Å². The van der Waals surface area contributed by atoms with Crippen LogP contribution in [-0.2, 0) is 0 Å². The van der Waals surface area contributed by atoms with Crippen LogP contribution in [0.1, 0.15) is 34.8 Å². The second kappa shape index (κ2) is 5.15. The molecule has 1 heterocycles. The number of aryl methyl sites for hydroxylation is 1. The Balaban J connectivity index is 1.80. The Kier molecular flexibility index (Phi) is 3.82. The molecule has 1 aliphatic carbocycles. The van der Waals surface area contributed by atoms with Gasteiger partial charge in [0.15, 0.2) is 0 Å². The molecule has 2 atom stereocenters. The minimum absolute atomic E-state index is 0.0672. The molecule has 0 aliphatic heterocycles. The minimum atomic E-state index is -0.0672. The van der Waals surface area contributed by atoms with Crippen LogP contribution < -0.4 is 5.32 Å². The molecule has 88 valence electrons. The number of carbonyl (C=O) groups is 1. The number of nitrogens with one attached hydrogen (secondary N) is 1. The first-order chi connectivity index (χ1) is 7.65. The fraction of sp³-hybridized carbons (Fsp3) is 0.636. The maximum atomic E-state index is 11.7. The Morgan fingerprint density at radius 3 is 3.06 bits per heavy atom. The molecular weight excluding hydrogens is 244 g/mol. The molecule has 1 aromatic rings. The number of carbonyl (C=O) groups excluding carboxylic acids is 1. The lowest BCUT2D eigenvalue weighted by atomic mass is 10.1. The van der Waals surface area contributed by atoms with Gasteiger partial charge in [-0.05, 0) is 32.1 Å².